The van der Waals surface area contributed by atoms with Crippen LogP contribution >= 0.6 is 0 Å². The van der Waals surface area contributed by atoms with Gasteiger partial charge in [-0.2, -0.15) is 0 Å². The Morgan fingerprint density at radius 2 is 2.06 bits per heavy atom. The number of rotatable bonds is 3. The normalized spacial score (nSPS) is 10.9. The lowest BCUT2D eigenvalue weighted by Gasteiger charge is -2.06. The average Bonchev–Trinajstić information content (AvgIpc) is 2.87. The predicted octanol–water partition coefficient (Wildman–Crippen LogP) is 2.77. The summed E-state index contributed by atoms with van der Waals surface area (Å²) in [6.07, 6.45) is 7.56. The molecule has 4 nitrogen and oxygen atoms in total. The summed E-state index contributed by atoms with van der Waals surface area (Å²) in [5.74, 6) is 1.70. The monoisotopic (exact) mass is 238 g/mol. The third kappa shape index (κ3) is 1.86. The SMILES string of the molecule is CCCc1nccn1-c1ncc2ccccc2n1. The van der Waals surface area contributed by atoms with Gasteiger partial charge < -0.3 is 0 Å². The van der Waals surface area contributed by atoms with Gasteiger partial charge in [-0.3, -0.25) is 4.57 Å². The van der Waals surface area contributed by atoms with Crippen molar-refractivity contribution in [3.05, 3.63) is 48.7 Å². The van der Waals surface area contributed by atoms with Gasteiger partial charge in [0.2, 0.25) is 5.95 Å². The van der Waals surface area contributed by atoms with Gasteiger partial charge in [0.05, 0.1) is 5.52 Å². The van der Waals surface area contributed by atoms with E-state index >= 15 is 0 Å². The Morgan fingerprint density at radius 1 is 1.17 bits per heavy atom. The van der Waals surface area contributed by atoms with Crippen LogP contribution in [0.15, 0.2) is 42.9 Å². The largest absolute Gasteiger partial charge is 0.272 e. The van der Waals surface area contributed by atoms with Gasteiger partial charge in [-0.25, -0.2) is 15.0 Å². The number of fused-ring (bicyclic) bond motifs is 1. The van der Waals surface area contributed by atoms with Crippen LogP contribution < -0.4 is 0 Å². The van der Waals surface area contributed by atoms with Crippen molar-refractivity contribution in [1.29, 1.82) is 0 Å². The summed E-state index contributed by atoms with van der Waals surface area (Å²) >= 11 is 0. The van der Waals surface area contributed by atoms with Crippen LogP contribution in [0.2, 0.25) is 0 Å². The highest BCUT2D eigenvalue weighted by atomic mass is 15.2. The van der Waals surface area contributed by atoms with E-state index in [1.807, 2.05) is 41.2 Å². The lowest BCUT2D eigenvalue weighted by atomic mass is 10.2. The van der Waals surface area contributed by atoms with Gasteiger partial charge in [0, 0.05) is 30.4 Å². The smallest absolute Gasteiger partial charge is 0.235 e. The Hall–Kier alpha value is -2.23. The summed E-state index contributed by atoms with van der Waals surface area (Å²) in [6, 6.07) is 7.99. The summed E-state index contributed by atoms with van der Waals surface area (Å²) in [5, 5.41) is 1.05. The van der Waals surface area contributed by atoms with Crippen LogP contribution in [0.3, 0.4) is 0 Å². The second-order valence-corrected chi connectivity index (χ2v) is 4.19. The van der Waals surface area contributed by atoms with E-state index in [1.54, 1.807) is 6.20 Å². The van der Waals surface area contributed by atoms with Crippen molar-refractivity contribution in [2.45, 2.75) is 19.8 Å². The molecule has 3 aromatic rings. The van der Waals surface area contributed by atoms with Gasteiger partial charge >= 0.3 is 0 Å². The van der Waals surface area contributed by atoms with Gasteiger partial charge in [-0.15, -0.1) is 0 Å². The molecule has 1 aromatic carbocycles. The van der Waals surface area contributed by atoms with E-state index in [0.717, 1.165) is 29.6 Å². The second kappa shape index (κ2) is 4.56. The maximum Gasteiger partial charge on any atom is 0.235 e. The first-order chi connectivity index (χ1) is 8.88. The maximum absolute atomic E-state index is 4.57. The van der Waals surface area contributed by atoms with Crippen LogP contribution in [0.1, 0.15) is 19.2 Å². The fourth-order valence-corrected chi connectivity index (χ4v) is 2.00. The molecule has 0 N–H and O–H groups in total. The van der Waals surface area contributed by atoms with E-state index in [0.29, 0.717) is 5.95 Å². The number of aromatic nitrogens is 4. The van der Waals surface area contributed by atoms with Crippen molar-refractivity contribution in [2.24, 2.45) is 0 Å². The number of benzene rings is 1. The number of hydrogen-bond acceptors (Lipinski definition) is 3. The van der Waals surface area contributed by atoms with E-state index in [4.69, 9.17) is 0 Å². The first-order valence-electron chi connectivity index (χ1n) is 6.13. The quantitative estimate of drug-likeness (QED) is 0.704. The summed E-state index contributed by atoms with van der Waals surface area (Å²) in [4.78, 5) is 13.3. The highest BCUT2D eigenvalue weighted by Gasteiger charge is 2.07. The zero-order chi connectivity index (χ0) is 12.4. The Balaban J connectivity index is 2.10. The molecule has 0 spiro atoms. The van der Waals surface area contributed by atoms with Crippen molar-refractivity contribution < 1.29 is 0 Å². The number of hydrogen-bond donors (Lipinski definition) is 0. The van der Waals surface area contributed by atoms with Gasteiger partial charge in [-0.1, -0.05) is 25.1 Å². The van der Waals surface area contributed by atoms with Crippen LogP contribution in [-0.2, 0) is 6.42 Å². The number of nitrogens with zero attached hydrogens (tertiary/aromatic N) is 4. The van der Waals surface area contributed by atoms with Crippen molar-refractivity contribution in [1.82, 2.24) is 19.5 Å². The van der Waals surface area contributed by atoms with Crippen LogP contribution in [0.4, 0.5) is 0 Å². The van der Waals surface area contributed by atoms with E-state index < -0.39 is 0 Å². The third-order valence-corrected chi connectivity index (χ3v) is 2.88. The molecule has 4 heteroatoms. The fraction of sp³-hybridized carbons (Fsp3) is 0.214. The summed E-state index contributed by atoms with van der Waals surface area (Å²) in [6.45, 7) is 2.14. The minimum Gasteiger partial charge on any atom is -0.272 e. The second-order valence-electron chi connectivity index (χ2n) is 4.19. The maximum atomic E-state index is 4.57. The molecule has 2 heterocycles. The molecule has 18 heavy (non-hydrogen) atoms. The molecule has 3 rings (SSSR count). The van der Waals surface area contributed by atoms with Crippen molar-refractivity contribution in [2.75, 3.05) is 0 Å². The van der Waals surface area contributed by atoms with Crippen molar-refractivity contribution in [3.63, 3.8) is 0 Å². The lowest BCUT2D eigenvalue weighted by Crippen LogP contribution is -2.04. The Kier molecular flexibility index (Phi) is 2.76. The summed E-state index contributed by atoms with van der Waals surface area (Å²) in [5.41, 5.74) is 0.957. The van der Waals surface area contributed by atoms with Gasteiger partial charge in [-0.05, 0) is 12.5 Å². The van der Waals surface area contributed by atoms with Crippen molar-refractivity contribution >= 4 is 10.9 Å². The van der Waals surface area contributed by atoms with E-state index in [-0.39, 0.29) is 0 Å². The topological polar surface area (TPSA) is 43.6 Å². The molecule has 0 atom stereocenters. The lowest BCUT2D eigenvalue weighted by molar-refractivity contribution is 0.785. The molecule has 0 saturated carbocycles. The van der Waals surface area contributed by atoms with Crippen LogP contribution in [0.25, 0.3) is 16.9 Å². The van der Waals surface area contributed by atoms with Crippen LogP contribution in [0.5, 0.6) is 0 Å². The molecule has 0 radical (unpaired) electrons. The first kappa shape index (κ1) is 10.9. The van der Waals surface area contributed by atoms with Crippen LogP contribution in [0, 0.1) is 0 Å². The molecule has 0 bridgehead atoms. The van der Waals surface area contributed by atoms with Gasteiger partial charge in [0.1, 0.15) is 5.82 Å². The minimum atomic E-state index is 0.689. The van der Waals surface area contributed by atoms with Crippen LogP contribution in [-0.4, -0.2) is 19.5 Å². The third-order valence-electron chi connectivity index (χ3n) is 2.88. The first-order valence-corrected chi connectivity index (χ1v) is 6.13. The molecule has 0 aliphatic heterocycles. The van der Waals surface area contributed by atoms with E-state index in [1.165, 1.54) is 0 Å². The molecular weight excluding hydrogens is 224 g/mol. The molecule has 90 valence electrons. The van der Waals surface area contributed by atoms with E-state index in [2.05, 4.69) is 21.9 Å². The molecule has 0 saturated heterocycles. The molecule has 0 fully saturated rings. The Labute approximate surface area is 105 Å². The highest BCUT2D eigenvalue weighted by molar-refractivity contribution is 5.77. The number of aryl methyl sites for hydroxylation is 1. The van der Waals surface area contributed by atoms with Gasteiger partial charge in [0.25, 0.3) is 0 Å². The Morgan fingerprint density at radius 3 is 2.94 bits per heavy atom. The molecule has 0 amide bonds. The fourth-order valence-electron chi connectivity index (χ4n) is 2.00. The summed E-state index contributed by atoms with van der Waals surface area (Å²) < 4.78 is 1.95. The number of para-hydroxylation sites is 1. The standard InChI is InChI=1S/C14H14N4/c1-2-5-13-15-8-9-18(13)14-16-10-11-6-3-4-7-12(11)17-14/h3-4,6-10H,2,5H2,1H3. The Bertz CT molecular complexity index is 672. The molecule has 0 aliphatic carbocycles. The zero-order valence-corrected chi connectivity index (χ0v) is 10.2. The zero-order valence-electron chi connectivity index (χ0n) is 10.2. The predicted molar refractivity (Wildman–Crippen MR) is 70.7 cm³/mol. The van der Waals surface area contributed by atoms with Crippen molar-refractivity contribution in [3.8, 4) is 5.95 Å². The summed E-state index contributed by atoms with van der Waals surface area (Å²) in [7, 11) is 0. The number of imidazole rings is 1. The average molecular weight is 238 g/mol. The van der Waals surface area contributed by atoms with E-state index in [9.17, 15) is 0 Å². The highest BCUT2D eigenvalue weighted by Crippen LogP contribution is 2.13. The molecule has 0 unspecified atom stereocenters. The molecular formula is C14H14N4. The minimum absolute atomic E-state index is 0.689. The van der Waals surface area contributed by atoms with Gasteiger partial charge in [0.15, 0.2) is 0 Å². The molecule has 0 aliphatic rings. The molecule has 2 aromatic heterocycles.